The first-order chi connectivity index (χ1) is 8.33. The second kappa shape index (κ2) is 5.53. The van der Waals surface area contributed by atoms with Gasteiger partial charge in [0.1, 0.15) is 0 Å². The molecule has 1 radical (unpaired) electrons. The van der Waals surface area contributed by atoms with Gasteiger partial charge in [0.2, 0.25) is 0 Å². The van der Waals surface area contributed by atoms with Crippen molar-refractivity contribution in [3.8, 4) is 0 Å². The van der Waals surface area contributed by atoms with Crippen LogP contribution >= 0.6 is 0 Å². The lowest BCUT2D eigenvalue weighted by molar-refractivity contribution is 0.751. The molecule has 0 aromatic heterocycles. The largest absolute Gasteiger partial charge is 0.398 e. The van der Waals surface area contributed by atoms with Gasteiger partial charge in [0.05, 0.1) is 0 Å². The third-order valence-electron chi connectivity index (χ3n) is 3.12. The Balaban J connectivity index is 2.25. The van der Waals surface area contributed by atoms with E-state index < -0.39 is 0 Å². The molecule has 0 unspecified atom stereocenters. The van der Waals surface area contributed by atoms with E-state index in [4.69, 9.17) is 12.3 Å². The first-order valence-corrected chi connectivity index (χ1v) is 6.12. The number of rotatable bonds is 5. The Hall–Kier alpha value is -1.76. The normalized spacial score (nSPS) is 10.6. The predicted octanol–water partition coefficient (Wildman–Crippen LogP) is 4.12. The third kappa shape index (κ3) is 2.68. The standard InChI is InChI=1S/C16H18N/c1-2-3-4-5-10-15-14-9-7-6-8-13(14)11-12-16(15)17/h1-2,6-9,11-12H,3-5,10,17H2. The van der Waals surface area contributed by atoms with Crippen molar-refractivity contribution >= 4 is 16.5 Å². The number of hydrogen-bond donors (Lipinski definition) is 1. The number of fused-ring (bicyclic) bond motifs is 1. The van der Waals surface area contributed by atoms with Gasteiger partial charge in [-0.1, -0.05) is 43.0 Å². The number of nitrogen functional groups attached to an aromatic ring is 1. The molecule has 0 aliphatic carbocycles. The third-order valence-corrected chi connectivity index (χ3v) is 3.12. The van der Waals surface area contributed by atoms with Crippen LogP contribution in [0.1, 0.15) is 24.8 Å². The average molecular weight is 224 g/mol. The van der Waals surface area contributed by atoms with E-state index in [-0.39, 0.29) is 0 Å². The lowest BCUT2D eigenvalue weighted by atomic mass is 9.98. The minimum atomic E-state index is 0.903. The Labute approximate surface area is 103 Å². The smallest absolute Gasteiger partial charge is 0.0353 e. The highest BCUT2D eigenvalue weighted by atomic mass is 14.6. The molecule has 0 saturated heterocycles. The maximum Gasteiger partial charge on any atom is 0.0353 e. The van der Waals surface area contributed by atoms with Crippen molar-refractivity contribution in [2.24, 2.45) is 0 Å². The second-order valence-corrected chi connectivity index (χ2v) is 4.34. The molecule has 0 amide bonds. The highest BCUT2D eigenvalue weighted by Crippen LogP contribution is 2.25. The van der Waals surface area contributed by atoms with Crippen LogP contribution in [0.5, 0.6) is 0 Å². The molecule has 2 aromatic carbocycles. The number of aryl methyl sites for hydroxylation is 1. The molecule has 2 aromatic rings. The van der Waals surface area contributed by atoms with Gasteiger partial charge in [-0.2, -0.15) is 0 Å². The van der Waals surface area contributed by atoms with Crippen LogP contribution in [-0.4, -0.2) is 0 Å². The van der Waals surface area contributed by atoms with Crippen LogP contribution < -0.4 is 5.73 Å². The summed E-state index contributed by atoms with van der Waals surface area (Å²) in [6, 6.07) is 12.5. The van der Waals surface area contributed by atoms with Crippen LogP contribution in [0.25, 0.3) is 10.8 Å². The van der Waals surface area contributed by atoms with Crippen molar-refractivity contribution in [1.29, 1.82) is 0 Å². The summed E-state index contributed by atoms with van der Waals surface area (Å²) in [6.45, 7) is 5.38. The van der Waals surface area contributed by atoms with E-state index in [1.807, 2.05) is 6.07 Å². The number of benzene rings is 2. The van der Waals surface area contributed by atoms with E-state index in [2.05, 4.69) is 30.3 Å². The first-order valence-electron chi connectivity index (χ1n) is 6.12. The van der Waals surface area contributed by atoms with Gasteiger partial charge in [-0.25, -0.2) is 0 Å². The van der Waals surface area contributed by atoms with E-state index in [9.17, 15) is 0 Å². The fraction of sp³-hybridized carbons (Fsp3) is 0.250. The summed E-state index contributed by atoms with van der Waals surface area (Å²) in [5, 5.41) is 2.55. The Morgan fingerprint density at radius 2 is 1.88 bits per heavy atom. The van der Waals surface area contributed by atoms with Crippen molar-refractivity contribution in [3.63, 3.8) is 0 Å². The van der Waals surface area contributed by atoms with Crippen LogP contribution in [0, 0.1) is 6.58 Å². The molecule has 0 saturated carbocycles. The number of hydrogen-bond acceptors (Lipinski definition) is 1. The van der Waals surface area contributed by atoms with Crippen LogP contribution in [0.2, 0.25) is 0 Å². The molecule has 1 nitrogen and oxygen atoms in total. The molecule has 0 atom stereocenters. The van der Waals surface area contributed by atoms with Gasteiger partial charge in [0.25, 0.3) is 0 Å². The minimum Gasteiger partial charge on any atom is -0.398 e. The van der Waals surface area contributed by atoms with Crippen molar-refractivity contribution in [3.05, 3.63) is 54.6 Å². The number of nitrogens with two attached hydrogens (primary N) is 1. The highest BCUT2D eigenvalue weighted by Gasteiger charge is 2.04. The first kappa shape index (κ1) is 11.7. The number of allylic oxidation sites excluding steroid dienone is 1. The molecule has 2 N–H and O–H groups in total. The molecule has 0 aliphatic rings. The average Bonchev–Trinajstić information content (AvgIpc) is 2.37. The number of unbranched alkanes of at least 4 members (excludes halogenated alkanes) is 2. The molecule has 0 aliphatic heterocycles. The van der Waals surface area contributed by atoms with E-state index >= 15 is 0 Å². The van der Waals surface area contributed by atoms with E-state index in [1.54, 1.807) is 6.08 Å². The molecule has 0 spiro atoms. The summed E-state index contributed by atoms with van der Waals surface area (Å²) in [5.41, 5.74) is 8.25. The zero-order valence-corrected chi connectivity index (χ0v) is 10.0. The summed E-state index contributed by atoms with van der Waals surface area (Å²) in [4.78, 5) is 0. The van der Waals surface area contributed by atoms with Gasteiger partial charge in [0, 0.05) is 5.69 Å². The molecule has 17 heavy (non-hydrogen) atoms. The highest BCUT2D eigenvalue weighted by molar-refractivity contribution is 5.89. The molecule has 1 heteroatoms. The summed E-state index contributed by atoms with van der Waals surface area (Å²) in [5.74, 6) is 0. The maximum atomic E-state index is 6.07. The van der Waals surface area contributed by atoms with Gasteiger partial charge in [-0.05, 0) is 48.1 Å². The van der Waals surface area contributed by atoms with E-state index in [0.29, 0.717) is 0 Å². The lowest BCUT2D eigenvalue weighted by Crippen LogP contribution is -1.96. The molecular weight excluding hydrogens is 206 g/mol. The molecule has 2 rings (SSSR count). The molecule has 0 heterocycles. The van der Waals surface area contributed by atoms with Gasteiger partial charge >= 0.3 is 0 Å². The van der Waals surface area contributed by atoms with E-state index in [0.717, 1.165) is 31.4 Å². The quantitative estimate of drug-likeness (QED) is 0.600. The SMILES string of the molecule is [CH]=CCCCCc1c(N)ccc2ccccc12. The van der Waals surface area contributed by atoms with Crippen molar-refractivity contribution < 1.29 is 0 Å². The monoisotopic (exact) mass is 224 g/mol. The zero-order valence-electron chi connectivity index (χ0n) is 10.0. The van der Waals surface area contributed by atoms with Crippen LogP contribution in [0.3, 0.4) is 0 Å². The Bertz CT molecular complexity index is 514. The summed E-state index contributed by atoms with van der Waals surface area (Å²) >= 11 is 0. The molecule has 87 valence electrons. The fourth-order valence-corrected chi connectivity index (χ4v) is 2.20. The summed E-state index contributed by atoms with van der Waals surface area (Å²) in [6.07, 6.45) is 5.99. The van der Waals surface area contributed by atoms with Gasteiger partial charge in [0.15, 0.2) is 0 Å². The minimum absolute atomic E-state index is 0.903. The predicted molar refractivity (Wildman–Crippen MR) is 74.8 cm³/mol. The Morgan fingerprint density at radius 3 is 2.71 bits per heavy atom. The Morgan fingerprint density at radius 1 is 1.06 bits per heavy atom. The van der Waals surface area contributed by atoms with Gasteiger partial charge in [-0.3, -0.25) is 0 Å². The summed E-state index contributed by atoms with van der Waals surface area (Å²) < 4.78 is 0. The van der Waals surface area contributed by atoms with Gasteiger partial charge < -0.3 is 5.73 Å². The van der Waals surface area contributed by atoms with Crippen LogP contribution in [0.4, 0.5) is 5.69 Å². The van der Waals surface area contributed by atoms with E-state index in [1.165, 1.54) is 16.3 Å². The molecule has 0 fully saturated rings. The van der Waals surface area contributed by atoms with Crippen molar-refractivity contribution in [2.75, 3.05) is 5.73 Å². The lowest BCUT2D eigenvalue weighted by Gasteiger charge is -2.09. The van der Waals surface area contributed by atoms with Crippen molar-refractivity contribution in [1.82, 2.24) is 0 Å². The summed E-state index contributed by atoms with van der Waals surface area (Å²) in [7, 11) is 0. The zero-order chi connectivity index (χ0) is 12.1. The second-order valence-electron chi connectivity index (χ2n) is 4.34. The fourth-order valence-electron chi connectivity index (χ4n) is 2.20. The van der Waals surface area contributed by atoms with Crippen molar-refractivity contribution in [2.45, 2.75) is 25.7 Å². The maximum absolute atomic E-state index is 6.07. The molecule has 0 bridgehead atoms. The van der Waals surface area contributed by atoms with Crippen LogP contribution in [0.15, 0.2) is 42.5 Å². The topological polar surface area (TPSA) is 26.0 Å². The molecular formula is C16H18N. The number of anilines is 1. The van der Waals surface area contributed by atoms with Crippen LogP contribution in [-0.2, 0) is 6.42 Å². The van der Waals surface area contributed by atoms with Gasteiger partial charge in [-0.15, -0.1) is 0 Å². The Kier molecular flexibility index (Phi) is 3.81.